The van der Waals surface area contributed by atoms with Crippen LogP contribution in [0.5, 0.6) is 11.5 Å². The molecule has 0 aromatic heterocycles. The van der Waals surface area contributed by atoms with Crippen molar-refractivity contribution in [3.05, 3.63) is 18.2 Å². The fraction of sp³-hybridized carbons (Fsp3) is 0.538. The van der Waals surface area contributed by atoms with Crippen molar-refractivity contribution >= 4 is 5.69 Å². The van der Waals surface area contributed by atoms with Gasteiger partial charge in [0.15, 0.2) is 0 Å². The molecule has 0 amide bonds. The van der Waals surface area contributed by atoms with Gasteiger partial charge in [-0.05, 0) is 31.9 Å². The fourth-order valence-electron chi connectivity index (χ4n) is 1.26. The maximum absolute atomic E-state index is 5.98. The number of para-hydroxylation sites is 1. The molecule has 0 saturated heterocycles. The van der Waals surface area contributed by atoms with Crippen LogP contribution in [0.1, 0.15) is 33.6 Å². The van der Waals surface area contributed by atoms with Crippen LogP contribution < -0.4 is 15.2 Å². The Bertz CT molecular complexity index is 326. The van der Waals surface area contributed by atoms with Crippen molar-refractivity contribution in [1.82, 2.24) is 0 Å². The average molecular weight is 223 g/mol. The van der Waals surface area contributed by atoms with Crippen LogP contribution in [-0.4, -0.2) is 12.7 Å². The molecular formula is C13H21NO2. The molecule has 0 aliphatic rings. The van der Waals surface area contributed by atoms with E-state index in [4.69, 9.17) is 15.2 Å². The summed E-state index contributed by atoms with van der Waals surface area (Å²) in [5.41, 5.74) is 6.57. The number of benzene rings is 1. The van der Waals surface area contributed by atoms with Gasteiger partial charge in [-0.2, -0.15) is 0 Å². The highest BCUT2D eigenvalue weighted by atomic mass is 16.5. The van der Waals surface area contributed by atoms with Crippen molar-refractivity contribution in [3.63, 3.8) is 0 Å². The topological polar surface area (TPSA) is 44.5 Å². The Morgan fingerprint density at radius 1 is 1.25 bits per heavy atom. The molecule has 0 aliphatic carbocycles. The Morgan fingerprint density at radius 2 is 1.94 bits per heavy atom. The molecule has 0 heterocycles. The van der Waals surface area contributed by atoms with Gasteiger partial charge in [-0.3, -0.25) is 0 Å². The van der Waals surface area contributed by atoms with Gasteiger partial charge in [0.2, 0.25) is 0 Å². The second-order valence-electron chi connectivity index (χ2n) is 3.85. The van der Waals surface area contributed by atoms with Gasteiger partial charge in [0.05, 0.1) is 12.7 Å². The van der Waals surface area contributed by atoms with E-state index < -0.39 is 0 Å². The van der Waals surface area contributed by atoms with Crippen molar-refractivity contribution < 1.29 is 9.47 Å². The van der Waals surface area contributed by atoms with E-state index in [0.717, 1.165) is 12.8 Å². The summed E-state index contributed by atoms with van der Waals surface area (Å²) in [6.07, 6.45) is 2.10. The molecule has 1 aromatic rings. The third-order valence-corrected chi connectivity index (χ3v) is 2.39. The van der Waals surface area contributed by atoms with Crippen LogP contribution in [0.25, 0.3) is 0 Å². The van der Waals surface area contributed by atoms with Gasteiger partial charge in [-0.25, -0.2) is 0 Å². The predicted octanol–water partition coefficient (Wildman–Crippen LogP) is 3.23. The third-order valence-electron chi connectivity index (χ3n) is 2.39. The van der Waals surface area contributed by atoms with Gasteiger partial charge in [0.1, 0.15) is 17.2 Å². The van der Waals surface area contributed by atoms with E-state index in [0.29, 0.717) is 23.8 Å². The monoisotopic (exact) mass is 223 g/mol. The van der Waals surface area contributed by atoms with E-state index in [9.17, 15) is 0 Å². The molecule has 1 rings (SSSR count). The van der Waals surface area contributed by atoms with Crippen LogP contribution in [0, 0.1) is 0 Å². The normalized spacial score (nSPS) is 12.2. The zero-order chi connectivity index (χ0) is 12.0. The Labute approximate surface area is 97.6 Å². The van der Waals surface area contributed by atoms with Crippen LogP contribution in [0.2, 0.25) is 0 Å². The summed E-state index contributed by atoms with van der Waals surface area (Å²) >= 11 is 0. The quantitative estimate of drug-likeness (QED) is 0.753. The number of ether oxygens (including phenoxy) is 2. The van der Waals surface area contributed by atoms with E-state index in [1.807, 2.05) is 25.1 Å². The van der Waals surface area contributed by atoms with E-state index in [2.05, 4.69) is 13.8 Å². The maximum atomic E-state index is 5.98. The van der Waals surface area contributed by atoms with Crippen LogP contribution in [0.15, 0.2) is 18.2 Å². The molecule has 16 heavy (non-hydrogen) atoms. The molecule has 3 heteroatoms. The molecule has 0 spiro atoms. The van der Waals surface area contributed by atoms with Gasteiger partial charge in [-0.15, -0.1) is 0 Å². The first-order valence-electron chi connectivity index (χ1n) is 5.87. The van der Waals surface area contributed by atoms with Crippen LogP contribution in [0.4, 0.5) is 5.69 Å². The molecule has 0 saturated carbocycles. The Hall–Kier alpha value is -1.38. The minimum Gasteiger partial charge on any atom is -0.491 e. The summed E-state index contributed by atoms with van der Waals surface area (Å²) in [5, 5.41) is 0. The number of nitrogen functional groups attached to an aromatic ring is 1. The first-order valence-corrected chi connectivity index (χ1v) is 5.87. The molecule has 1 aromatic carbocycles. The van der Waals surface area contributed by atoms with Gasteiger partial charge >= 0.3 is 0 Å². The molecule has 3 nitrogen and oxygen atoms in total. The number of hydrogen-bond donors (Lipinski definition) is 1. The standard InChI is InChI=1S/C13H21NO2/c1-4-9-15-11-7-6-8-12(13(11)14)16-10(3)5-2/h6-8,10H,4-5,9,14H2,1-3H3. The number of rotatable bonds is 6. The molecule has 0 fully saturated rings. The summed E-state index contributed by atoms with van der Waals surface area (Å²) in [5.74, 6) is 1.42. The van der Waals surface area contributed by atoms with Crippen molar-refractivity contribution in [3.8, 4) is 11.5 Å². The van der Waals surface area contributed by atoms with Crippen LogP contribution >= 0.6 is 0 Å². The lowest BCUT2D eigenvalue weighted by Crippen LogP contribution is -2.11. The fourth-order valence-corrected chi connectivity index (χ4v) is 1.26. The van der Waals surface area contributed by atoms with Crippen molar-refractivity contribution in [2.75, 3.05) is 12.3 Å². The first kappa shape index (κ1) is 12.7. The molecule has 0 aliphatic heterocycles. The highest BCUT2D eigenvalue weighted by Gasteiger charge is 2.09. The number of nitrogens with two attached hydrogens (primary N) is 1. The van der Waals surface area contributed by atoms with E-state index in [-0.39, 0.29) is 6.10 Å². The lowest BCUT2D eigenvalue weighted by Gasteiger charge is -2.16. The summed E-state index contributed by atoms with van der Waals surface area (Å²) in [6, 6.07) is 5.65. The first-order chi connectivity index (χ1) is 7.69. The maximum Gasteiger partial charge on any atom is 0.146 e. The average Bonchev–Trinajstić information content (AvgIpc) is 2.30. The van der Waals surface area contributed by atoms with Crippen molar-refractivity contribution in [2.45, 2.75) is 39.7 Å². The minimum atomic E-state index is 0.170. The summed E-state index contributed by atoms with van der Waals surface area (Å²) in [7, 11) is 0. The summed E-state index contributed by atoms with van der Waals surface area (Å²) in [6.45, 7) is 6.85. The van der Waals surface area contributed by atoms with Gasteiger partial charge < -0.3 is 15.2 Å². The summed E-state index contributed by atoms with van der Waals surface area (Å²) < 4.78 is 11.2. The second kappa shape index (κ2) is 6.26. The van der Waals surface area contributed by atoms with Crippen molar-refractivity contribution in [1.29, 1.82) is 0 Å². The highest BCUT2D eigenvalue weighted by Crippen LogP contribution is 2.32. The second-order valence-corrected chi connectivity index (χ2v) is 3.85. The lowest BCUT2D eigenvalue weighted by molar-refractivity contribution is 0.217. The predicted molar refractivity (Wildman–Crippen MR) is 67.0 cm³/mol. The molecule has 90 valence electrons. The third kappa shape index (κ3) is 3.33. The SMILES string of the molecule is CCCOc1cccc(OC(C)CC)c1N. The van der Waals surface area contributed by atoms with Crippen LogP contribution in [0.3, 0.4) is 0 Å². The number of hydrogen-bond acceptors (Lipinski definition) is 3. The zero-order valence-electron chi connectivity index (χ0n) is 10.3. The van der Waals surface area contributed by atoms with Gasteiger partial charge in [-0.1, -0.05) is 19.9 Å². The Morgan fingerprint density at radius 3 is 2.56 bits per heavy atom. The zero-order valence-corrected chi connectivity index (χ0v) is 10.3. The smallest absolute Gasteiger partial charge is 0.146 e. The number of anilines is 1. The Balaban J connectivity index is 2.77. The van der Waals surface area contributed by atoms with E-state index >= 15 is 0 Å². The van der Waals surface area contributed by atoms with Crippen LogP contribution in [-0.2, 0) is 0 Å². The largest absolute Gasteiger partial charge is 0.491 e. The Kier molecular flexibility index (Phi) is 4.96. The van der Waals surface area contributed by atoms with E-state index in [1.54, 1.807) is 0 Å². The molecule has 2 N–H and O–H groups in total. The summed E-state index contributed by atoms with van der Waals surface area (Å²) in [4.78, 5) is 0. The molecule has 1 atom stereocenters. The molecule has 1 unspecified atom stereocenters. The minimum absolute atomic E-state index is 0.170. The van der Waals surface area contributed by atoms with Gasteiger partial charge in [0.25, 0.3) is 0 Å². The van der Waals surface area contributed by atoms with Crippen molar-refractivity contribution in [2.24, 2.45) is 0 Å². The van der Waals surface area contributed by atoms with Gasteiger partial charge in [0, 0.05) is 0 Å². The molecule has 0 bridgehead atoms. The highest BCUT2D eigenvalue weighted by molar-refractivity contribution is 5.62. The molecular weight excluding hydrogens is 202 g/mol. The molecule has 0 radical (unpaired) electrons. The lowest BCUT2D eigenvalue weighted by atomic mass is 10.2. The van der Waals surface area contributed by atoms with E-state index in [1.165, 1.54) is 0 Å².